The second-order valence-corrected chi connectivity index (χ2v) is 7.15. The average Bonchev–Trinajstić information content (AvgIpc) is 3.06. The molecule has 0 amide bonds. The molecule has 26 heavy (non-hydrogen) atoms. The quantitative estimate of drug-likeness (QED) is 0.744. The maximum Gasteiger partial charge on any atom is 0.0788 e. The first-order chi connectivity index (χ1) is 12.7. The highest BCUT2D eigenvalue weighted by Gasteiger charge is 2.28. The van der Waals surface area contributed by atoms with Crippen LogP contribution in [0, 0.1) is 0 Å². The molecule has 0 bridgehead atoms. The Hall–Kier alpha value is -2.43. The van der Waals surface area contributed by atoms with Gasteiger partial charge < -0.3 is 5.11 Å². The van der Waals surface area contributed by atoms with E-state index < -0.39 is 0 Å². The van der Waals surface area contributed by atoms with Crippen LogP contribution in [0.15, 0.2) is 60.7 Å². The molecule has 4 nitrogen and oxygen atoms in total. The number of H-pyrrole nitrogens is 1. The Morgan fingerprint density at radius 3 is 2.23 bits per heavy atom. The number of aliphatic hydroxyl groups is 1. The molecule has 4 heteroatoms. The molecule has 0 fully saturated rings. The predicted octanol–water partition coefficient (Wildman–Crippen LogP) is 3.33. The number of rotatable bonds is 5. The maximum absolute atomic E-state index is 9.77. The SMILES string of the molecule is C[C@H](O)CN1CCc2[nH]nc(C(c3ccccc3)c3ccccc3)c2C1. The van der Waals surface area contributed by atoms with Gasteiger partial charge in [-0.2, -0.15) is 5.10 Å². The van der Waals surface area contributed by atoms with Crippen LogP contribution in [-0.4, -0.2) is 39.4 Å². The van der Waals surface area contributed by atoms with Gasteiger partial charge in [-0.15, -0.1) is 0 Å². The van der Waals surface area contributed by atoms with Crippen LogP contribution < -0.4 is 0 Å². The number of β-amino-alcohol motifs (C(OH)–C–C–N with tert-alkyl or cyclic N) is 1. The Kier molecular flexibility index (Phi) is 4.87. The van der Waals surface area contributed by atoms with Gasteiger partial charge in [-0.25, -0.2) is 0 Å². The molecule has 1 atom stereocenters. The van der Waals surface area contributed by atoms with Crippen LogP contribution in [-0.2, 0) is 13.0 Å². The fraction of sp³-hybridized carbons (Fsp3) is 0.318. The molecule has 0 unspecified atom stereocenters. The first-order valence-electron chi connectivity index (χ1n) is 9.28. The Morgan fingerprint density at radius 2 is 1.65 bits per heavy atom. The van der Waals surface area contributed by atoms with Crippen molar-refractivity contribution in [1.29, 1.82) is 0 Å². The van der Waals surface area contributed by atoms with E-state index in [4.69, 9.17) is 5.10 Å². The molecule has 2 aromatic carbocycles. The molecule has 3 aromatic rings. The van der Waals surface area contributed by atoms with Crippen LogP contribution >= 0.6 is 0 Å². The Bertz CT molecular complexity index is 803. The third kappa shape index (κ3) is 3.43. The number of nitrogens with one attached hydrogen (secondary N) is 1. The zero-order valence-corrected chi connectivity index (χ0v) is 15.1. The molecule has 1 aliphatic heterocycles. The Balaban J connectivity index is 1.75. The summed E-state index contributed by atoms with van der Waals surface area (Å²) >= 11 is 0. The minimum Gasteiger partial charge on any atom is -0.392 e. The number of aromatic amines is 1. The number of fused-ring (bicyclic) bond motifs is 1. The molecule has 1 aliphatic rings. The van der Waals surface area contributed by atoms with E-state index in [2.05, 4.69) is 70.7 Å². The van der Waals surface area contributed by atoms with Crippen LogP contribution in [0.1, 0.15) is 40.9 Å². The van der Waals surface area contributed by atoms with Crippen molar-refractivity contribution in [2.24, 2.45) is 0 Å². The lowest BCUT2D eigenvalue weighted by molar-refractivity contribution is 0.118. The second-order valence-electron chi connectivity index (χ2n) is 7.15. The lowest BCUT2D eigenvalue weighted by atomic mass is 9.85. The van der Waals surface area contributed by atoms with Gasteiger partial charge in [0, 0.05) is 37.3 Å². The molecule has 0 radical (unpaired) electrons. The third-order valence-corrected chi connectivity index (χ3v) is 5.11. The largest absolute Gasteiger partial charge is 0.392 e. The molecule has 4 rings (SSSR count). The van der Waals surface area contributed by atoms with E-state index in [1.54, 1.807) is 0 Å². The Morgan fingerprint density at radius 1 is 1.04 bits per heavy atom. The second kappa shape index (κ2) is 7.44. The van der Waals surface area contributed by atoms with Crippen molar-refractivity contribution in [1.82, 2.24) is 15.1 Å². The van der Waals surface area contributed by atoms with E-state index in [1.807, 2.05) is 6.92 Å². The molecule has 2 heterocycles. The smallest absolute Gasteiger partial charge is 0.0788 e. The Labute approximate surface area is 154 Å². The standard InChI is InChI=1S/C22H25N3O/c1-16(26)14-25-13-12-20-19(15-25)22(24-23-20)21(17-8-4-2-5-9-17)18-10-6-3-7-11-18/h2-11,16,21,26H,12-15H2,1H3,(H,23,24)/t16-/m0/s1. The van der Waals surface area contributed by atoms with Gasteiger partial charge in [-0.1, -0.05) is 60.7 Å². The highest BCUT2D eigenvalue weighted by Crippen LogP contribution is 2.35. The maximum atomic E-state index is 9.77. The summed E-state index contributed by atoms with van der Waals surface area (Å²) in [5.41, 5.74) is 6.13. The van der Waals surface area contributed by atoms with Gasteiger partial charge in [0.2, 0.25) is 0 Å². The molecule has 0 aliphatic carbocycles. The van der Waals surface area contributed by atoms with Crippen LogP contribution in [0.4, 0.5) is 0 Å². The minimum atomic E-state index is -0.314. The fourth-order valence-corrected chi connectivity index (χ4v) is 3.94. The van der Waals surface area contributed by atoms with Crippen LogP contribution in [0.25, 0.3) is 0 Å². The molecular formula is C22H25N3O. The minimum absolute atomic E-state index is 0.115. The summed E-state index contributed by atoms with van der Waals surface area (Å²) in [5.74, 6) is 0.115. The third-order valence-electron chi connectivity index (χ3n) is 5.11. The zero-order chi connectivity index (χ0) is 17.9. The molecule has 0 saturated carbocycles. The molecular weight excluding hydrogens is 322 g/mol. The van der Waals surface area contributed by atoms with E-state index in [9.17, 15) is 5.11 Å². The van der Waals surface area contributed by atoms with Crippen molar-refractivity contribution in [3.8, 4) is 0 Å². The van der Waals surface area contributed by atoms with Gasteiger partial charge >= 0.3 is 0 Å². The lowest BCUT2D eigenvalue weighted by Gasteiger charge is -2.29. The highest BCUT2D eigenvalue weighted by molar-refractivity contribution is 5.44. The van der Waals surface area contributed by atoms with E-state index >= 15 is 0 Å². The molecule has 0 spiro atoms. The number of aliphatic hydroxyl groups excluding tert-OH is 1. The number of benzene rings is 2. The normalized spacial score (nSPS) is 15.8. The summed E-state index contributed by atoms with van der Waals surface area (Å²) < 4.78 is 0. The van der Waals surface area contributed by atoms with Crippen molar-refractivity contribution >= 4 is 0 Å². The number of hydrogen-bond donors (Lipinski definition) is 2. The van der Waals surface area contributed by atoms with Gasteiger partial charge in [0.25, 0.3) is 0 Å². The van der Waals surface area contributed by atoms with Gasteiger partial charge in [0.05, 0.1) is 17.7 Å². The van der Waals surface area contributed by atoms with E-state index in [0.29, 0.717) is 6.54 Å². The average molecular weight is 347 g/mol. The van der Waals surface area contributed by atoms with E-state index in [0.717, 1.165) is 25.2 Å². The topological polar surface area (TPSA) is 52.1 Å². The summed E-state index contributed by atoms with van der Waals surface area (Å²) in [6.07, 6.45) is 0.636. The summed E-state index contributed by atoms with van der Waals surface area (Å²) in [7, 11) is 0. The summed E-state index contributed by atoms with van der Waals surface area (Å²) in [5, 5.41) is 17.8. The van der Waals surface area contributed by atoms with Crippen molar-refractivity contribution in [2.45, 2.75) is 31.9 Å². The van der Waals surface area contributed by atoms with Crippen LogP contribution in [0.3, 0.4) is 0 Å². The molecule has 1 aromatic heterocycles. The molecule has 134 valence electrons. The number of aromatic nitrogens is 2. The van der Waals surface area contributed by atoms with Crippen molar-refractivity contribution in [3.63, 3.8) is 0 Å². The molecule has 0 saturated heterocycles. The van der Waals surface area contributed by atoms with Crippen molar-refractivity contribution < 1.29 is 5.11 Å². The summed E-state index contributed by atoms with van der Waals surface area (Å²) in [6.45, 7) is 4.34. The first kappa shape index (κ1) is 17.0. The van der Waals surface area contributed by atoms with Crippen LogP contribution in [0.2, 0.25) is 0 Å². The van der Waals surface area contributed by atoms with Crippen molar-refractivity contribution in [3.05, 3.63) is 88.7 Å². The van der Waals surface area contributed by atoms with Gasteiger partial charge in [0.1, 0.15) is 0 Å². The highest BCUT2D eigenvalue weighted by atomic mass is 16.3. The van der Waals surface area contributed by atoms with E-state index in [-0.39, 0.29) is 12.0 Å². The van der Waals surface area contributed by atoms with Gasteiger partial charge in [-0.3, -0.25) is 10.00 Å². The monoisotopic (exact) mass is 347 g/mol. The summed E-state index contributed by atoms with van der Waals surface area (Å²) in [6, 6.07) is 21.2. The fourth-order valence-electron chi connectivity index (χ4n) is 3.94. The zero-order valence-electron chi connectivity index (χ0n) is 15.1. The van der Waals surface area contributed by atoms with Gasteiger partial charge in [0.15, 0.2) is 0 Å². The van der Waals surface area contributed by atoms with Gasteiger partial charge in [-0.05, 0) is 18.1 Å². The first-order valence-corrected chi connectivity index (χ1v) is 9.28. The predicted molar refractivity (Wildman–Crippen MR) is 103 cm³/mol. The van der Waals surface area contributed by atoms with E-state index in [1.165, 1.54) is 22.4 Å². The van der Waals surface area contributed by atoms with Crippen LogP contribution in [0.5, 0.6) is 0 Å². The number of nitrogens with zero attached hydrogens (tertiary/aromatic N) is 2. The van der Waals surface area contributed by atoms with Crippen molar-refractivity contribution in [2.75, 3.05) is 13.1 Å². The summed E-state index contributed by atoms with van der Waals surface area (Å²) in [4.78, 5) is 2.32. The molecule has 2 N–H and O–H groups in total. The lowest BCUT2D eigenvalue weighted by Crippen LogP contribution is -2.35. The number of hydrogen-bond acceptors (Lipinski definition) is 3.